The number of hydrogen-bond donors (Lipinski definition) is 1. The van der Waals surface area contributed by atoms with E-state index in [0.29, 0.717) is 5.69 Å². The lowest BCUT2D eigenvalue weighted by atomic mass is 10.0. The maximum atomic E-state index is 13.5. The molecule has 0 spiro atoms. The van der Waals surface area contributed by atoms with E-state index in [4.69, 9.17) is 9.47 Å². The van der Waals surface area contributed by atoms with Crippen molar-refractivity contribution in [3.05, 3.63) is 93.5 Å². The van der Waals surface area contributed by atoms with Crippen molar-refractivity contribution < 1.29 is 37.0 Å². The van der Waals surface area contributed by atoms with Crippen LogP contribution in [0.5, 0.6) is 5.75 Å². The molecule has 2 amide bonds. The molecule has 3 rings (SSSR count). The van der Waals surface area contributed by atoms with Gasteiger partial charge in [-0.25, -0.2) is 0 Å². The number of esters is 1. The number of nitrogens with one attached hydrogen (secondary N) is 1. The van der Waals surface area contributed by atoms with Crippen molar-refractivity contribution >= 4 is 39.4 Å². The number of hydrogen-bond acceptors (Lipinski definition) is 5. The minimum absolute atomic E-state index is 0.0302. The predicted molar refractivity (Wildman–Crippen MR) is 151 cm³/mol. The molecule has 0 fully saturated rings. The number of methoxy groups -OCH3 is 1. The van der Waals surface area contributed by atoms with Gasteiger partial charge in [-0.2, -0.15) is 13.2 Å². The molecule has 0 unspecified atom stereocenters. The summed E-state index contributed by atoms with van der Waals surface area (Å²) in [7, 11) is 1.26. The highest BCUT2D eigenvalue weighted by molar-refractivity contribution is 9.10. The van der Waals surface area contributed by atoms with Crippen LogP contribution < -0.4 is 10.1 Å². The van der Waals surface area contributed by atoms with E-state index in [1.807, 2.05) is 24.3 Å². The normalized spacial score (nSPS) is 11.5. The number of amides is 2. The summed E-state index contributed by atoms with van der Waals surface area (Å²) in [5.74, 6) is -1.64. The largest absolute Gasteiger partial charge is 0.497 e. The molecule has 41 heavy (non-hydrogen) atoms. The Labute approximate surface area is 244 Å². The molecule has 0 heterocycles. The van der Waals surface area contributed by atoms with Crippen LogP contribution in [0.2, 0.25) is 0 Å². The summed E-state index contributed by atoms with van der Waals surface area (Å²) in [4.78, 5) is 39.8. The molecule has 0 aliphatic carbocycles. The Morgan fingerprint density at radius 1 is 0.927 bits per heavy atom. The molecule has 7 nitrogen and oxygen atoms in total. The lowest BCUT2D eigenvalue weighted by Crippen LogP contribution is -2.38. The van der Waals surface area contributed by atoms with Gasteiger partial charge in [-0.1, -0.05) is 34.1 Å². The van der Waals surface area contributed by atoms with Gasteiger partial charge >= 0.3 is 12.1 Å². The van der Waals surface area contributed by atoms with Gasteiger partial charge < -0.3 is 19.7 Å². The highest BCUT2D eigenvalue weighted by atomic mass is 79.9. The Bertz CT molecular complexity index is 1390. The average Bonchev–Trinajstić information content (AvgIpc) is 2.88. The molecule has 0 aliphatic rings. The van der Waals surface area contributed by atoms with E-state index in [2.05, 4.69) is 21.2 Å². The summed E-state index contributed by atoms with van der Waals surface area (Å²) in [6, 6.07) is 16.6. The number of halogens is 4. The van der Waals surface area contributed by atoms with Crippen LogP contribution in [0, 0.1) is 0 Å². The Hall–Kier alpha value is -3.86. The van der Waals surface area contributed by atoms with Crippen LogP contribution >= 0.6 is 15.9 Å². The highest BCUT2D eigenvalue weighted by Gasteiger charge is 2.34. The van der Waals surface area contributed by atoms with Crippen LogP contribution in [0.1, 0.15) is 47.8 Å². The monoisotopic (exact) mass is 634 g/mol. The molecule has 0 radical (unpaired) electrons. The van der Waals surface area contributed by atoms with Crippen LogP contribution in [-0.4, -0.2) is 41.9 Å². The summed E-state index contributed by atoms with van der Waals surface area (Å²) < 4.78 is 51.6. The van der Waals surface area contributed by atoms with E-state index in [-0.39, 0.29) is 30.0 Å². The van der Waals surface area contributed by atoms with Crippen molar-refractivity contribution in [2.75, 3.05) is 19.0 Å². The molecule has 0 atom stereocenters. The van der Waals surface area contributed by atoms with Gasteiger partial charge in [-0.3, -0.25) is 14.4 Å². The predicted octanol–water partition coefficient (Wildman–Crippen LogP) is 6.64. The lowest BCUT2D eigenvalue weighted by Gasteiger charge is -2.25. The zero-order valence-electron chi connectivity index (χ0n) is 23.0. The molecular weight excluding hydrogens is 605 g/mol. The van der Waals surface area contributed by atoms with Crippen molar-refractivity contribution in [2.24, 2.45) is 0 Å². The molecule has 3 aromatic carbocycles. The van der Waals surface area contributed by atoms with Crippen molar-refractivity contribution in [1.29, 1.82) is 0 Å². The Morgan fingerprint density at radius 3 is 2.12 bits per heavy atom. The molecule has 3 aromatic rings. The van der Waals surface area contributed by atoms with Crippen molar-refractivity contribution in [3.63, 3.8) is 0 Å². The van der Waals surface area contributed by atoms with E-state index in [1.54, 1.807) is 20.8 Å². The third-order valence-electron chi connectivity index (χ3n) is 5.70. The highest BCUT2D eigenvalue weighted by Crippen LogP contribution is 2.34. The second kappa shape index (κ2) is 13.2. The summed E-state index contributed by atoms with van der Waals surface area (Å²) in [5, 5.41) is 2.56. The molecular formula is C30H30BrF3N2O5. The zero-order valence-corrected chi connectivity index (χ0v) is 24.6. The molecule has 11 heteroatoms. The number of alkyl halides is 3. The fourth-order valence-electron chi connectivity index (χ4n) is 3.90. The van der Waals surface area contributed by atoms with Gasteiger partial charge in [0.15, 0.2) is 0 Å². The Balaban J connectivity index is 1.74. The quantitative estimate of drug-likeness (QED) is 0.267. The summed E-state index contributed by atoms with van der Waals surface area (Å²) in [6.07, 6.45) is -5.18. The first kappa shape index (κ1) is 31.7. The van der Waals surface area contributed by atoms with E-state index in [9.17, 15) is 27.6 Å². The minimum atomic E-state index is -4.66. The van der Waals surface area contributed by atoms with E-state index < -0.39 is 41.5 Å². The van der Waals surface area contributed by atoms with Gasteiger partial charge in [0.25, 0.3) is 5.91 Å². The number of rotatable bonds is 9. The molecule has 218 valence electrons. The topological polar surface area (TPSA) is 84.9 Å². The van der Waals surface area contributed by atoms with Gasteiger partial charge in [-0.15, -0.1) is 0 Å². The van der Waals surface area contributed by atoms with E-state index in [1.165, 1.54) is 48.4 Å². The van der Waals surface area contributed by atoms with Crippen molar-refractivity contribution in [3.8, 4) is 5.75 Å². The SMILES string of the molecule is COc1ccc(CC(=O)Nc2ccc(C(=O)N(CC(=O)OC(C)(C)C)Cc3ccc(Br)cc3)cc2)c(C(F)(F)F)c1. The fourth-order valence-corrected chi connectivity index (χ4v) is 4.16. The van der Waals surface area contributed by atoms with Crippen LogP contribution in [0.4, 0.5) is 18.9 Å². The first-order valence-electron chi connectivity index (χ1n) is 12.5. The standard InChI is InChI=1S/C30H30BrF3N2O5/c1-29(2,3)41-27(38)18-36(17-19-5-10-22(31)11-6-19)28(39)20-7-12-23(13-8-20)35-26(37)15-21-9-14-24(40-4)16-25(21)30(32,33)34/h5-14,16H,15,17-18H2,1-4H3,(H,35,37). The molecule has 0 aliphatic heterocycles. The van der Waals surface area contributed by atoms with E-state index in [0.717, 1.165) is 16.1 Å². The van der Waals surface area contributed by atoms with Crippen molar-refractivity contribution in [1.82, 2.24) is 4.90 Å². The van der Waals surface area contributed by atoms with Gasteiger partial charge in [0.05, 0.1) is 19.1 Å². The summed E-state index contributed by atoms with van der Waals surface area (Å²) in [6.45, 7) is 5.06. The maximum Gasteiger partial charge on any atom is 0.416 e. The number of nitrogens with zero attached hydrogens (tertiary/aromatic N) is 1. The van der Waals surface area contributed by atoms with Gasteiger partial charge in [-0.05, 0) is 80.4 Å². The molecule has 1 N–H and O–H groups in total. The number of ether oxygens (including phenoxy) is 2. The third kappa shape index (κ3) is 9.63. The second-order valence-electron chi connectivity index (χ2n) is 10.2. The first-order chi connectivity index (χ1) is 19.1. The van der Waals surface area contributed by atoms with Gasteiger partial charge in [0.1, 0.15) is 17.9 Å². The summed E-state index contributed by atoms with van der Waals surface area (Å²) in [5.41, 5.74) is -0.545. The smallest absolute Gasteiger partial charge is 0.416 e. The number of anilines is 1. The number of carbonyl (C=O) groups excluding carboxylic acids is 3. The molecule has 0 aromatic heterocycles. The molecule has 0 bridgehead atoms. The number of benzene rings is 3. The van der Waals surface area contributed by atoms with Crippen LogP contribution in [0.15, 0.2) is 71.2 Å². The third-order valence-corrected chi connectivity index (χ3v) is 6.23. The summed E-state index contributed by atoms with van der Waals surface area (Å²) >= 11 is 3.37. The van der Waals surface area contributed by atoms with Crippen LogP contribution in [0.3, 0.4) is 0 Å². The van der Waals surface area contributed by atoms with Gasteiger partial charge in [0, 0.05) is 22.3 Å². The Morgan fingerprint density at radius 2 is 1.56 bits per heavy atom. The van der Waals surface area contributed by atoms with Gasteiger partial charge in [0.2, 0.25) is 5.91 Å². The maximum absolute atomic E-state index is 13.5. The first-order valence-corrected chi connectivity index (χ1v) is 13.3. The molecule has 0 saturated heterocycles. The number of carbonyl (C=O) groups is 3. The van der Waals surface area contributed by atoms with E-state index >= 15 is 0 Å². The molecule has 0 saturated carbocycles. The van der Waals surface area contributed by atoms with Crippen LogP contribution in [-0.2, 0) is 33.5 Å². The minimum Gasteiger partial charge on any atom is -0.497 e. The second-order valence-corrected chi connectivity index (χ2v) is 11.1. The lowest BCUT2D eigenvalue weighted by molar-refractivity contribution is -0.155. The zero-order chi connectivity index (χ0) is 30.4. The van der Waals surface area contributed by atoms with Crippen molar-refractivity contribution in [2.45, 2.75) is 45.5 Å². The Kier molecular flexibility index (Phi) is 10.2. The fraction of sp³-hybridized carbons (Fsp3) is 0.300. The average molecular weight is 635 g/mol. The van der Waals surface area contributed by atoms with Crippen LogP contribution in [0.25, 0.3) is 0 Å².